The zero-order valence-corrected chi connectivity index (χ0v) is 20.8. The molecule has 3 fully saturated rings. The van der Waals surface area contributed by atoms with Crippen LogP contribution in [0, 0.1) is 16.7 Å². The van der Waals surface area contributed by atoms with E-state index in [1.807, 2.05) is 6.07 Å². The van der Waals surface area contributed by atoms with Gasteiger partial charge in [-0.15, -0.1) is 0 Å². The Kier molecular flexibility index (Phi) is 6.22. The van der Waals surface area contributed by atoms with E-state index in [4.69, 9.17) is 10.00 Å². The number of carbonyl (C=O) groups excluding carboxylic acids is 1. The fourth-order valence-electron chi connectivity index (χ4n) is 5.91. The number of amides is 1. The number of hydrogen-bond acceptors (Lipinski definition) is 7. The molecule has 3 aliphatic rings. The second kappa shape index (κ2) is 9.69. The number of nitrogens with one attached hydrogen (secondary N) is 1. The van der Waals surface area contributed by atoms with Gasteiger partial charge in [-0.3, -0.25) is 24.0 Å². The highest BCUT2D eigenvalue weighted by Crippen LogP contribution is 2.55. The van der Waals surface area contributed by atoms with Crippen LogP contribution in [0.25, 0.3) is 22.3 Å². The first-order valence-corrected chi connectivity index (χ1v) is 13.0. The topological polar surface area (TPSA) is 113 Å². The number of aromatic nitrogens is 3. The number of ether oxygens (including phenoxy) is 1. The van der Waals surface area contributed by atoms with Crippen molar-refractivity contribution in [2.24, 2.45) is 5.41 Å². The molecular weight excluding hydrogens is 468 g/mol. The number of morpholine rings is 1. The van der Waals surface area contributed by atoms with Crippen molar-refractivity contribution in [1.29, 1.82) is 5.26 Å². The van der Waals surface area contributed by atoms with E-state index in [1.54, 1.807) is 29.0 Å². The lowest BCUT2D eigenvalue weighted by Crippen LogP contribution is -2.54. The molecule has 0 atom stereocenters. The highest BCUT2D eigenvalue weighted by atomic mass is 16.5. The molecule has 2 saturated carbocycles. The number of nitriles is 1. The molecule has 0 bridgehead atoms. The van der Waals surface area contributed by atoms with Crippen molar-refractivity contribution in [3.05, 3.63) is 58.1 Å². The Morgan fingerprint density at radius 3 is 2.62 bits per heavy atom. The van der Waals surface area contributed by atoms with Crippen molar-refractivity contribution >= 4 is 16.9 Å². The van der Waals surface area contributed by atoms with Crippen molar-refractivity contribution in [2.75, 3.05) is 32.8 Å². The zero-order chi connectivity index (χ0) is 25.4. The quantitative estimate of drug-likeness (QED) is 0.556. The van der Waals surface area contributed by atoms with E-state index in [2.05, 4.69) is 26.3 Å². The lowest BCUT2D eigenvalue weighted by atomic mass is 9.54. The summed E-state index contributed by atoms with van der Waals surface area (Å²) in [7, 11) is 0. The first kappa shape index (κ1) is 23.8. The second-order valence-corrected chi connectivity index (χ2v) is 10.6. The van der Waals surface area contributed by atoms with Crippen LogP contribution in [0.1, 0.15) is 48.0 Å². The van der Waals surface area contributed by atoms with Crippen LogP contribution in [0.2, 0.25) is 0 Å². The molecule has 0 unspecified atom stereocenters. The molecule has 1 N–H and O–H groups in total. The minimum Gasteiger partial charge on any atom is -0.379 e. The molecule has 1 amide bonds. The number of nitrogens with zero attached hydrogens (tertiary/aromatic N) is 5. The second-order valence-electron chi connectivity index (χ2n) is 10.6. The van der Waals surface area contributed by atoms with Crippen LogP contribution in [-0.4, -0.2) is 64.2 Å². The average Bonchev–Trinajstić information content (AvgIpc) is 2.89. The maximum absolute atomic E-state index is 13.6. The largest absolute Gasteiger partial charge is 0.379 e. The Morgan fingerprint density at radius 1 is 1.14 bits per heavy atom. The molecule has 1 saturated heterocycles. The molecule has 9 heteroatoms. The van der Waals surface area contributed by atoms with Crippen LogP contribution >= 0.6 is 0 Å². The molecule has 190 valence electrons. The number of pyridine rings is 3. The first-order chi connectivity index (χ1) is 18.0. The van der Waals surface area contributed by atoms with E-state index in [9.17, 15) is 9.59 Å². The van der Waals surface area contributed by atoms with Gasteiger partial charge in [-0.05, 0) is 55.4 Å². The number of fused-ring (bicyclic) bond motifs is 1. The van der Waals surface area contributed by atoms with Crippen molar-refractivity contribution in [3.63, 3.8) is 0 Å². The van der Waals surface area contributed by atoms with Gasteiger partial charge in [0.15, 0.2) is 0 Å². The fourth-order valence-corrected chi connectivity index (χ4v) is 5.91. The van der Waals surface area contributed by atoms with Crippen LogP contribution in [0.5, 0.6) is 0 Å². The van der Waals surface area contributed by atoms with Gasteiger partial charge in [0.2, 0.25) is 0 Å². The van der Waals surface area contributed by atoms with Gasteiger partial charge in [0.05, 0.1) is 24.5 Å². The molecule has 1 aliphatic heterocycles. The van der Waals surface area contributed by atoms with Crippen molar-refractivity contribution in [2.45, 2.75) is 44.7 Å². The average molecular weight is 499 g/mol. The molecule has 1 spiro atoms. The summed E-state index contributed by atoms with van der Waals surface area (Å²) >= 11 is 0. The van der Waals surface area contributed by atoms with Gasteiger partial charge in [0.1, 0.15) is 17.3 Å². The number of rotatable bonds is 6. The Hall–Kier alpha value is -3.61. The van der Waals surface area contributed by atoms with Gasteiger partial charge < -0.3 is 10.1 Å². The molecule has 4 heterocycles. The molecule has 0 radical (unpaired) electrons. The number of carbonyl (C=O) groups is 1. The summed E-state index contributed by atoms with van der Waals surface area (Å²) in [5, 5.41) is 12.9. The predicted molar refractivity (Wildman–Crippen MR) is 138 cm³/mol. The first-order valence-electron chi connectivity index (χ1n) is 13.0. The zero-order valence-electron chi connectivity index (χ0n) is 20.8. The molecule has 6 rings (SSSR count). The van der Waals surface area contributed by atoms with E-state index in [-0.39, 0.29) is 23.1 Å². The van der Waals surface area contributed by atoms with Gasteiger partial charge >= 0.3 is 0 Å². The van der Waals surface area contributed by atoms with Crippen LogP contribution in [-0.2, 0) is 11.3 Å². The monoisotopic (exact) mass is 498 g/mol. The Labute approximate surface area is 215 Å². The standard InChI is InChI=1S/C28H30N6O3/c29-16-19-2-3-24(30-17-19)21-12-20-13-23(26(35)32-22-14-28(15-22)4-1-5-28)27(36)34(25(20)31-18-21)7-6-33-8-10-37-11-9-33/h2-3,12-13,17-18,22H,1,4-11,14-15H2,(H,32,35). The van der Waals surface area contributed by atoms with Crippen LogP contribution in [0.15, 0.2) is 41.5 Å². The summed E-state index contributed by atoms with van der Waals surface area (Å²) in [5.41, 5.74) is 2.73. The van der Waals surface area contributed by atoms with Gasteiger partial charge in [0, 0.05) is 55.6 Å². The molecule has 9 nitrogen and oxygen atoms in total. The summed E-state index contributed by atoms with van der Waals surface area (Å²) in [6.07, 6.45) is 9.01. The molecule has 3 aromatic rings. The minimum atomic E-state index is -0.312. The molecule has 37 heavy (non-hydrogen) atoms. The van der Waals surface area contributed by atoms with E-state index < -0.39 is 0 Å². The van der Waals surface area contributed by atoms with E-state index in [0.717, 1.165) is 31.5 Å². The van der Waals surface area contributed by atoms with Crippen LogP contribution < -0.4 is 10.9 Å². The molecule has 0 aromatic carbocycles. The summed E-state index contributed by atoms with van der Waals surface area (Å²) in [6.45, 7) is 4.11. The van der Waals surface area contributed by atoms with Crippen molar-refractivity contribution < 1.29 is 9.53 Å². The van der Waals surface area contributed by atoms with E-state index in [0.29, 0.717) is 54.0 Å². The van der Waals surface area contributed by atoms with Crippen LogP contribution in [0.3, 0.4) is 0 Å². The Balaban J connectivity index is 1.33. The third kappa shape index (κ3) is 4.63. The Morgan fingerprint density at radius 2 is 1.95 bits per heavy atom. The Bertz CT molecular complexity index is 1420. The lowest BCUT2D eigenvalue weighted by molar-refractivity contribution is -0.000652. The predicted octanol–water partition coefficient (Wildman–Crippen LogP) is 2.72. The summed E-state index contributed by atoms with van der Waals surface area (Å²) in [6, 6.07) is 9.27. The summed E-state index contributed by atoms with van der Waals surface area (Å²) in [4.78, 5) is 38.2. The van der Waals surface area contributed by atoms with E-state index >= 15 is 0 Å². The minimum absolute atomic E-state index is 0.136. The highest BCUT2D eigenvalue weighted by molar-refractivity contribution is 5.97. The van der Waals surface area contributed by atoms with Gasteiger partial charge in [-0.2, -0.15) is 5.26 Å². The SMILES string of the molecule is N#Cc1ccc(-c2cnc3c(c2)cc(C(=O)NC2CC4(CCC4)C2)c(=O)n3CCN2CCOCC2)nc1. The van der Waals surface area contributed by atoms with Crippen molar-refractivity contribution in [1.82, 2.24) is 24.8 Å². The number of hydrogen-bond donors (Lipinski definition) is 1. The van der Waals surface area contributed by atoms with E-state index in [1.165, 1.54) is 25.5 Å². The third-order valence-corrected chi connectivity index (χ3v) is 8.21. The van der Waals surface area contributed by atoms with Crippen molar-refractivity contribution in [3.8, 4) is 17.3 Å². The normalized spacial score (nSPS) is 19.2. The maximum atomic E-state index is 13.6. The summed E-state index contributed by atoms with van der Waals surface area (Å²) in [5.74, 6) is -0.312. The van der Waals surface area contributed by atoms with Crippen LogP contribution in [0.4, 0.5) is 0 Å². The maximum Gasteiger partial charge on any atom is 0.265 e. The smallest absolute Gasteiger partial charge is 0.265 e. The third-order valence-electron chi connectivity index (χ3n) is 8.21. The van der Waals surface area contributed by atoms with Gasteiger partial charge in [-0.25, -0.2) is 4.98 Å². The lowest BCUT2D eigenvalue weighted by Gasteiger charge is -2.54. The molecule has 3 aromatic heterocycles. The molecule has 2 aliphatic carbocycles. The van der Waals surface area contributed by atoms with Gasteiger partial charge in [0.25, 0.3) is 11.5 Å². The highest BCUT2D eigenvalue weighted by Gasteiger charge is 2.48. The van der Waals surface area contributed by atoms with Gasteiger partial charge in [-0.1, -0.05) is 6.42 Å². The molecular formula is C28H30N6O3. The fraction of sp³-hybridized carbons (Fsp3) is 0.464. The summed E-state index contributed by atoms with van der Waals surface area (Å²) < 4.78 is 7.08.